The summed E-state index contributed by atoms with van der Waals surface area (Å²) in [5.41, 5.74) is 2.68. The van der Waals surface area contributed by atoms with Gasteiger partial charge in [0.1, 0.15) is 0 Å². The van der Waals surface area contributed by atoms with Gasteiger partial charge in [-0.15, -0.1) is 0 Å². The summed E-state index contributed by atoms with van der Waals surface area (Å²) in [6, 6.07) is 5.72. The van der Waals surface area contributed by atoms with Gasteiger partial charge in [0.05, 0.1) is 11.1 Å². The molecule has 0 heterocycles. The SMILES string of the molecule is Cc1cc(C(=O)O)cc(Cl)c1-c1c(C)cc(C(=O)O)cc1Cl. The number of hydrogen-bond donors (Lipinski definition) is 2. The van der Waals surface area contributed by atoms with Crippen LogP contribution in [0.4, 0.5) is 0 Å². The Hall–Kier alpha value is -2.04. The lowest BCUT2D eigenvalue weighted by atomic mass is 9.93. The lowest BCUT2D eigenvalue weighted by Gasteiger charge is -2.15. The Labute approximate surface area is 136 Å². The predicted molar refractivity (Wildman–Crippen MR) is 85.3 cm³/mol. The molecule has 0 radical (unpaired) electrons. The average Bonchev–Trinajstić information content (AvgIpc) is 2.40. The van der Waals surface area contributed by atoms with Crippen molar-refractivity contribution in [2.24, 2.45) is 0 Å². The minimum Gasteiger partial charge on any atom is -0.478 e. The third-order valence-corrected chi connectivity index (χ3v) is 3.91. The van der Waals surface area contributed by atoms with Gasteiger partial charge in [0.25, 0.3) is 0 Å². The number of halogens is 2. The second-order valence-corrected chi connectivity index (χ2v) is 5.72. The number of benzene rings is 2. The highest BCUT2D eigenvalue weighted by atomic mass is 35.5. The Balaban J connectivity index is 2.72. The first kappa shape index (κ1) is 16.3. The van der Waals surface area contributed by atoms with E-state index < -0.39 is 11.9 Å². The zero-order valence-corrected chi connectivity index (χ0v) is 13.3. The zero-order valence-electron chi connectivity index (χ0n) is 11.8. The number of aryl methyl sites for hydroxylation is 2. The van der Waals surface area contributed by atoms with Gasteiger partial charge >= 0.3 is 11.9 Å². The molecule has 0 amide bonds. The van der Waals surface area contributed by atoms with E-state index in [1.54, 1.807) is 13.8 Å². The molecule has 6 heteroatoms. The molecule has 2 aromatic rings. The lowest BCUT2D eigenvalue weighted by molar-refractivity contribution is 0.0686. The van der Waals surface area contributed by atoms with Gasteiger partial charge in [-0.2, -0.15) is 0 Å². The van der Waals surface area contributed by atoms with Crippen molar-refractivity contribution in [1.82, 2.24) is 0 Å². The summed E-state index contributed by atoms with van der Waals surface area (Å²) in [7, 11) is 0. The molecule has 0 aromatic heterocycles. The molecule has 0 saturated carbocycles. The lowest BCUT2D eigenvalue weighted by Crippen LogP contribution is -2.01. The molecule has 4 nitrogen and oxygen atoms in total. The van der Waals surface area contributed by atoms with Crippen molar-refractivity contribution in [2.45, 2.75) is 13.8 Å². The van der Waals surface area contributed by atoms with E-state index in [1.807, 2.05) is 0 Å². The normalized spacial score (nSPS) is 10.5. The molecule has 2 aromatic carbocycles. The van der Waals surface area contributed by atoms with Gasteiger partial charge in [0.15, 0.2) is 0 Å². The van der Waals surface area contributed by atoms with Crippen LogP contribution in [0, 0.1) is 13.8 Å². The molecule has 22 heavy (non-hydrogen) atoms. The highest BCUT2D eigenvalue weighted by Crippen LogP contribution is 2.39. The number of aromatic carboxylic acids is 2. The molecule has 0 saturated heterocycles. The third-order valence-electron chi connectivity index (χ3n) is 3.32. The Morgan fingerprint density at radius 3 is 1.32 bits per heavy atom. The highest BCUT2D eigenvalue weighted by molar-refractivity contribution is 6.37. The number of carbonyl (C=O) groups is 2. The van der Waals surface area contributed by atoms with E-state index in [1.165, 1.54) is 24.3 Å². The molecule has 0 unspecified atom stereocenters. The molecule has 0 aliphatic rings. The van der Waals surface area contributed by atoms with Crippen molar-refractivity contribution in [3.63, 3.8) is 0 Å². The van der Waals surface area contributed by atoms with Crippen molar-refractivity contribution in [3.05, 3.63) is 56.6 Å². The molecule has 0 aliphatic carbocycles. The van der Waals surface area contributed by atoms with Gasteiger partial charge in [-0.05, 0) is 49.2 Å². The Morgan fingerprint density at radius 1 is 0.773 bits per heavy atom. The summed E-state index contributed by atoms with van der Waals surface area (Å²) < 4.78 is 0. The van der Waals surface area contributed by atoms with E-state index >= 15 is 0 Å². The largest absolute Gasteiger partial charge is 0.478 e. The van der Waals surface area contributed by atoms with E-state index in [9.17, 15) is 9.59 Å². The smallest absolute Gasteiger partial charge is 0.335 e. The molecule has 0 bridgehead atoms. The Morgan fingerprint density at radius 2 is 1.09 bits per heavy atom. The van der Waals surface area contributed by atoms with Crippen LogP contribution in [0.1, 0.15) is 31.8 Å². The highest BCUT2D eigenvalue weighted by Gasteiger charge is 2.18. The van der Waals surface area contributed by atoms with Crippen LogP contribution in [0.3, 0.4) is 0 Å². The first-order valence-electron chi connectivity index (χ1n) is 6.29. The monoisotopic (exact) mass is 338 g/mol. The molecular weight excluding hydrogens is 327 g/mol. The zero-order chi connectivity index (χ0) is 16.6. The van der Waals surface area contributed by atoms with Gasteiger partial charge in [0.2, 0.25) is 0 Å². The van der Waals surface area contributed by atoms with Gasteiger partial charge in [-0.25, -0.2) is 9.59 Å². The van der Waals surface area contributed by atoms with E-state index in [4.69, 9.17) is 33.4 Å². The van der Waals surface area contributed by atoms with Crippen molar-refractivity contribution in [1.29, 1.82) is 0 Å². The van der Waals surface area contributed by atoms with Gasteiger partial charge in [-0.1, -0.05) is 23.2 Å². The fourth-order valence-corrected chi connectivity index (χ4v) is 3.09. The van der Waals surface area contributed by atoms with Crippen LogP contribution < -0.4 is 0 Å². The van der Waals surface area contributed by atoms with Crippen LogP contribution in [-0.4, -0.2) is 22.2 Å². The molecule has 2 rings (SSSR count). The van der Waals surface area contributed by atoms with E-state index in [2.05, 4.69) is 0 Å². The van der Waals surface area contributed by atoms with Crippen molar-refractivity contribution < 1.29 is 19.8 Å². The van der Waals surface area contributed by atoms with Crippen molar-refractivity contribution >= 4 is 35.1 Å². The standard InChI is InChI=1S/C16H12Cl2O4/c1-7-3-9(15(19)20)5-11(17)13(7)14-8(2)4-10(16(21)22)6-12(14)18/h3-6H,1-2H3,(H,19,20)(H,21,22). The maximum Gasteiger partial charge on any atom is 0.335 e. The summed E-state index contributed by atoms with van der Waals surface area (Å²) >= 11 is 12.4. The molecular formula is C16H12Cl2O4. The second-order valence-electron chi connectivity index (χ2n) is 4.91. The fourth-order valence-electron chi connectivity index (χ4n) is 2.37. The summed E-state index contributed by atoms with van der Waals surface area (Å²) in [6.45, 7) is 3.46. The van der Waals surface area contributed by atoms with Crippen LogP contribution in [-0.2, 0) is 0 Å². The summed E-state index contributed by atoms with van der Waals surface area (Å²) in [6.07, 6.45) is 0. The minimum atomic E-state index is -1.07. The van der Waals surface area contributed by atoms with Crippen LogP contribution in [0.5, 0.6) is 0 Å². The predicted octanol–water partition coefficient (Wildman–Crippen LogP) is 4.67. The van der Waals surface area contributed by atoms with Crippen LogP contribution in [0.2, 0.25) is 10.0 Å². The van der Waals surface area contributed by atoms with Gasteiger partial charge in [-0.3, -0.25) is 0 Å². The number of rotatable bonds is 3. The fraction of sp³-hybridized carbons (Fsp3) is 0.125. The van der Waals surface area contributed by atoms with E-state index in [-0.39, 0.29) is 21.2 Å². The maximum absolute atomic E-state index is 11.1. The summed E-state index contributed by atoms with van der Waals surface area (Å²) in [4.78, 5) is 22.1. The van der Waals surface area contributed by atoms with E-state index in [0.29, 0.717) is 22.3 Å². The van der Waals surface area contributed by atoms with Crippen LogP contribution in [0.25, 0.3) is 11.1 Å². The molecule has 0 spiro atoms. The summed E-state index contributed by atoms with van der Waals surface area (Å²) in [5, 5.41) is 18.6. The second kappa shape index (κ2) is 5.99. The summed E-state index contributed by atoms with van der Waals surface area (Å²) in [5.74, 6) is -2.14. The molecule has 0 fully saturated rings. The number of hydrogen-bond acceptors (Lipinski definition) is 2. The first-order valence-corrected chi connectivity index (χ1v) is 7.05. The third kappa shape index (κ3) is 2.93. The first-order chi connectivity index (χ1) is 10.2. The maximum atomic E-state index is 11.1. The Kier molecular flexibility index (Phi) is 4.44. The van der Waals surface area contributed by atoms with Gasteiger partial charge < -0.3 is 10.2 Å². The number of carboxylic acid groups (broad SMARTS) is 2. The Bertz CT molecular complexity index is 683. The van der Waals surface area contributed by atoms with Crippen molar-refractivity contribution in [3.8, 4) is 11.1 Å². The quantitative estimate of drug-likeness (QED) is 0.852. The molecule has 114 valence electrons. The molecule has 0 aliphatic heterocycles. The average molecular weight is 339 g/mol. The van der Waals surface area contributed by atoms with E-state index in [0.717, 1.165) is 0 Å². The minimum absolute atomic E-state index is 0.0854. The van der Waals surface area contributed by atoms with Crippen LogP contribution in [0.15, 0.2) is 24.3 Å². The molecule has 0 atom stereocenters. The topological polar surface area (TPSA) is 74.6 Å². The van der Waals surface area contributed by atoms with Crippen molar-refractivity contribution in [2.75, 3.05) is 0 Å². The van der Waals surface area contributed by atoms with Gasteiger partial charge in [0, 0.05) is 21.2 Å². The number of carboxylic acids is 2. The van der Waals surface area contributed by atoms with Crippen LogP contribution >= 0.6 is 23.2 Å². The molecule has 2 N–H and O–H groups in total.